The normalized spacial score (nSPS) is 10.4. The minimum atomic E-state index is -0.809. The van der Waals surface area contributed by atoms with Crippen LogP contribution in [-0.4, -0.2) is 37.4 Å². The summed E-state index contributed by atoms with van der Waals surface area (Å²) in [5, 5.41) is 8.83. The number of hydrogen-bond acceptors (Lipinski definition) is 4. The number of carboxylic acids is 1. The summed E-state index contributed by atoms with van der Waals surface area (Å²) in [5.74, 6) is -0.809. The van der Waals surface area contributed by atoms with Crippen molar-refractivity contribution in [3.05, 3.63) is 24.3 Å². The van der Waals surface area contributed by atoms with Gasteiger partial charge in [-0.3, -0.25) is 4.79 Å². The van der Waals surface area contributed by atoms with Crippen LogP contribution in [0.5, 0.6) is 0 Å². The fourth-order valence-corrected chi connectivity index (χ4v) is 1.88. The van der Waals surface area contributed by atoms with Crippen molar-refractivity contribution in [1.29, 1.82) is 0 Å². The molecule has 0 saturated carbocycles. The van der Waals surface area contributed by atoms with Gasteiger partial charge in [0.1, 0.15) is 0 Å². The van der Waals surface area contributed by atoms with Crippen LogP contribution in [0.3, 0.4) is 0 Å². The molecule has 1 rings (SSSR count). The van der Waals surface area contributed by atoms with Gasteiger partial charge in [-0.15, -0.1) is 0 Å². The zero-order valence-corrected chi connectivity index (χ0v) is 12.0. The van der Waals surface area contributed by atoms with Gasteiger partial charge in [0.2, 0.25) is 0 Å². The number of nitrogens with zero attached hydrogens (tertiary/aromatic N) is 1. The van der Waals surface area contributed by atoms with E-state index in [9.17, 15) is 4.79 Å². The van der Waals surface area contributed by atoms with Gasteiger partial charge in [-0.1, -0.05) is 25.5 Å². The topological polar surface area (TPSA) is 75.8 Å². The highest BCUT2D eigenvalue weighted by Gasteiger charge is 2.11. The first-order chi connectivity index (χ1) is 9.65. The molecule has 0 radical (unpaired) electrons. The number of anilines is 2. The third kappa shape index (κ3) is 5.93. The molecule has 0 aliphatic heterocycles. The van der Waals surface area contributed by atoms with Crippen molar-refractivity contribution in [1.82, 2.24) is 0 Å². The number of carboxylic acid groups (broad SMARTS) is 1. The number of nitrogen functional groups attached to an aromatic ring is 1. The molecule has 0 aliphatic rings. The second-order valence-electron chi connectivity index (χ2n) is 4.66. The maximum Gasteiger partial charge on any atom is 0.305 e. The average Bonchev–Trinajstić information content (AvgIpc) is 2.43. The molecule has 20 heavy (non-hydrogen) atoms. The van der Waals surface area contributed by atoms with Crippen LogP contribution in [0, 0.1) is 0 Å². The lowest BCUT2D eigenvalue weighted by Gasteiger charge is -2.25. The van der Waals surface area contributed by atoms with Crippen molar-refractivity contribution in [2.24, 2.45) is 0 Å². The molecule has 0 aromatic heterocycles. The van der Waals surface area contributed by atoms with E-state index < -0.39 is 5.97 Å². The van der Waals surface area contributed by atoms with Crippen LogP contribution in [0.15, 0.2) is 24.3 Å². The quantitative estimate of drug-likeness (QED) is 0.508. The Labute approximate surface area is 120 Å². The van der Waals surface area contributed by atoms with Crippen molar-refractivity contribution >= 4 is 17.3 Å². The Morgan fingerprint density at radius 2 is 2.05 bits per heavy atom. The van der Waals surface area contributed by atoms with Crippen LogP contribution in [0.25, 0.3) is 0 Å². The summed E-state index contributed by atoms with van der Waals surface area (Å²) >= 11 is 0. The van der Waals surface area contributed by atoms with E-state index in [1.165, 1.54) is 0 Å². The van der Waals surface area contributed by atoms with Crippen molar-refractivity contribution in [3.8, 4) is 0 Å². The van der Waals surface area contributed by atoms with Gasteiger partial charge in [-0.25, -0.2) is 0 Å². The van der Waals surface area contributed by atoms with Crippen molar-refractivity contribution < 1.29 is 14.6 Å². The zero-order chi connectivity index (χ0) is 14.8. The Kier molecular flexibility index (Phi) is 7.50. The molecule has 3 N–H and O–H groups in total. The van der Waals surface area contributed by atoms with Crippen LogP contribution in [0.1, 0.15) is 26.2 Å². The van der Waals surface area contributed by atoms with E-state index in [0.717, 1.165) is 25.1 Å². The van der Waals surface area contributed by atoms with Crippen molar-refractivity contribution in [2.45, 2.75) is 26.2 Å². The highest BCUT2D eigenvalue weighted by molar-refractivity contribution is 5.70. The van der Waals surface area contributed by atoms with Gasteiger partial charge in [0.05, 0.1) is 24.4 Å². The lowest BCUT2D eigenvalue weighted by molar-refractivity contribution is -0.136. The van der Waals surface area contributed by atoms with Crippen molar-refractivity contribution in [2.75, 3.05) is 36.9 Å². The molecule has 0 amide bonds. The molecule has 1 aromatic carbocycles. The molecule has 112 valence electrons. The molecular weight excluding hydrogens is 256 g/mol. The molecule has 0 fully saturated rings. The number of unbranched alkanes of at least 4 members (excludes halogenated alkanes) is 1. The van der Waals surface area contributed by atoms with E-state index in [2.05, 4.69) is 6.92 Å². The number of ether oxygens (including phenoxy) is 1. The molecule has 0 bridgehead atoms. The Morgan fingerprint density at radius 3 is 2.70 bits per heavy atom. The van der Waals surface area contributed by atoms with Crippen LogP contribution in [0.2, 0.25) is 0 Å². The Balaban J connectivity index is 2.56. The molecule has 0 atom stereocenters. The standard InChI is InChI=1S/C15H24N2O3/c1-2-3-11-20-12-10-17(9-8-15(18)19)14-7-5-4-6-13(14)16/h4-7H,2-3,8-12,16H2,1H3,(H,18,19). The zero-order valence-electron chi connectivity index (χ0n) is 12.0. The lowest BCUT2D eigenvalue weighted by atomic mass is 10.2. The van der Waals surface area contributed by atoms with E-state index in [1.54, 1.807) is 0 Å². The molecule has 0 spiro atoms. The van der Waals surface area contributed by atoms with E-state index in [4.69, 9.17) is 15.6 Å². The number of benzene rings is 1. The average molecular weight is 280 g/mol. The van der Waals surface area contributed by atoms with E-state index >= 15 is 0 Å². The third-order valence-corrected chi connectivity index (χ3v) is 3.02. The smallest absolute Gasteiger partial charge is 0.305 e. The number of hydrogen-bond donors (Lipinski definition) is 2. The molecular formula is C15H24N2O3. The van der Waals surface area contributed by atoms with E-state index in [-0.39, 0.29) is 6.42 Å². The van der Waals surface area contributed by atoms with Gasteiger partial charge < -0.3 is 20.5 Å². The molecule has 5 nitrogen and oxygen atoms in total. The fraction of sp³-hybridized carbons (Fsp3) is 0.533. The predicted octanol–water partition coefficient (Wildman–Crippen LogP) is 2.37. The van der Waals surface area contributed by atoms with Gasteiger partial charge >= 0.3 is 5.97 Å². The second-order valence-corrected chi connectivity index (χ2v) is 4.66. The number of aliphatic carboxylic acids is 1. The molecule has 1 aromatic rings. The van der Waals surface area contributed by atoms with E-state index in [0.29, 0.717) is 25.4 Å². The molecule has 0 saturated heterocycles. The van der Waals surface area contributed by atoms with Crippen LogP contribution in [-0.2, 0) is 9.53 Å². The van der Waals surface area contributed by atoms with Gasteiger partial charge in [0.25, 0.3) is 0 Å². The molecule has 5 heteroatoms. The summed E-state index contributed by atoms with van der Waals surface area (Å²) in [4.78, 5) is 12.7. The Bertz CT molecular complexity index is 410. The van der Waals surface area contributed by atoms with Gasteiger partial charge in [0, 0.05) is 19.7 Å². The van der Waals surface area contributed by atoms with Crippen LogP contribution >= 0.6 is 0 Å². The number of carbonyl (C=O) groups is 1. The summed E-state index contributed by atoms with van der Waals surface area (Å²) in [6, 6.07) is 7.49. The first-order valence-electron chi connectivity index (χ1n) is 7.04. The van der Waals surface area contributed by atoms with Crippen LogP contribution in [0.4, 0.5) is 11.4 Å². The van der Waals surface area contributed by atoms with Crippen LogP contribution < -0.4 is 10.6 Å². The predicted molar refractivity (Wildman–Crippen MR) is 81.0 cm³/mol. The van der Waals surface area contributed by atoms with E-state index in [1.807, 2.05) is 29.2 Å². The first-order valence-corrected chi connectivity index (χ1v) is 7.04. The Morgan fingerprint density at radius 1 is 1.30 bits per heavy atom. The number of para-hydroxylation sites is 2. The summed E-state index contributed by atoms with van der Waals surface area (Å²) in [6.07, 6.45) is 2.24. The maximum absolute atomic E-state index is 10.7. The van der Waals surface area contributed by atoms with Gasteiger partial charge in [-0.2, -0.15) is 0 Å². The maximum atomic E-state index is 10.7. The number of rotatable bonds is 10. The Hall–Kier alpha value is -1.75. The monoisotopic (exact) mass is 280 g/mol. The highest BCUT2D eigenvalue weighted by Crippen LogP contribution is 2.22. The largest absolute Gasteiger partial charge is 0.481 e. The van der Waals surface area contributed by atoms with Gasteiger partial charge in [-0.05, 0) is 18.6 Å². The minimum absolute atomic E-state index is 0.0866. The highest BCUT2D eigenvalue weighted by atomic mass is 16.5. The summed E-state index contributed by atoms with van der Waals surface area (Å²) in [6.45, 7) is 4.51. The van der Waals surface area contributed by atoms with Crippen molar-refractivity contribution in [3.63, 3.8) is 0 Å². The molecule has 0 heterocycles. The van der Waals surface area contributed by atoms with Gasteiger partial charge in [0.15, 0.2) is 0 Å². The SMILES string of the molecule is CCCCOCCN(CCC(=O)O)c1ccccc1N. The third-order valence-electron chi connectivity index (χ3n) is 3.02. The second kappa shape index (κ2) is 9.20. The summed E-state index contributed by atoms with van der Waals surface area (Å²) in [5.41, 5.74) is 7.48. The number of nitrogens with two attached hydrogens (primary N) is 1. The molecule has 0 aliphatic carbocycles. The lowest BCUT2D eigenvalue weighted by Crippen LogP contribution is -2.30. The summed E-state index contributed by atoms with van der Waals surface area (Å²) < 4.78 is 5.54. The minimum Gasteiger partial charge on any atom is -0.481 e. The summed E-state index contributed by atoms with van der Waals surface area (Å²) in [7, 11) is 0. The molecule has 0 unspecified atom stereocenters. The fourth-order valence-electron chi connectivity index (χ4n) is 1.88. The first kappa shape index (κ1) is 16.3.